The molecule has 6 nitrogen and oxygen atoms in total. The maximum atomic E-state index is 13.6. The molecule has 3 heterocycles. The fourth-order valence-corrected chi connectivity index (χ4v) is 4.71. The van der Waals surface area contributed by atoms with Gasteiger partial charge in [0, 0.05) is 30.9 Å². The lowest BCUT2D eigenvalue weighted by Crippen LogP contribution is -2.42. The molecule has 0 amide bonds. The molecule has 29 heavy (non-hydrogen) atoms. The molecule has 1 saturated carbocycles. The van der Waals surface area contributed by atoms with Crippen LogP contribution in [0.15, 0.2) is 24.4 Å². The monoisotopic (exact) mass is 401 g/mol. The number of likely N-dealkylation sites (tertiary alicyclic amines) is 1. The van der Waals surface area contributed by atoms with E-state index in [1.807, 2.05) is 26.0 Å². The minimum atomic E-state index is -0.498. The summed E-state index contributed by atoms with van der Waals surface area (Å²) >= 11 is 0. The summed E-state index contributed by atoms with van der Waals surface area (Å²) in [4.78, 5) is 10.8. The first-order valence-corrected chi connectivity index (χ1v) is 10.1. The van der Waals surface area contributed by atoms with Crippen LogP contribution in [0, 0.1) is 31.5 Å². The van der Waals surface area contributed by atoms with E-state index in [0.717, 1.165) is 42.2 Å². The van der Waals surface area contributed by atoms with Crippen LogP contribution in [-0.2, 0) is 6.54 Å². The van der Waals surface area contributed by atoms with Gasteiger partial charge in [-0.1, -0.05) is 0 Å². The van der Waals surface area contributed by atoms with Crippen LogP contribution in [0.5, 0.6) is 11.6 Å². The lowest BCUT2D eigenvalue weighted by Gasteiger charge is -2.35. The highest BCUT2D eigenvalue weighted by Crippen LogP contribution is 2.39. The van der Waals surface area contributed by atoms with Gasteiger partial charge in [0.25, 0.3) is 0 Å². The first-order chi connectivity index (χ1) is 13.9. The first-order valence-electron chi connectivity index (χ1n) is 10.1. The van der Waals surface area contributed by atoms with Gasteiger partial charge in [0.15, 0.2) is 0 Å². The Hall–Kier alpha value is -2.25. The number of pyridine rings is 2. The zero-order chi connectivity index (χ0) is 20.5. The van der Waals surface area contributed by atoms with Gasteiger partial charge in [0.05, 0.1) is 25.1 Å². The van der Waals surface area contributed by atoms with Crippen molar-refractivity contribution in [2.24, 2.45) is 11.8 Å². The second-order valence-electron chi connectivity index (χ2n) is 8.27. The lowest BCUT2D eigenvalue weighted by atomic mass is 9.78. The topological polar surface area (TPSA) is 67.7 Å². The summed E-state index contributed by atoms with van der Waals surface area (Å²) < 4.78 is 25.1. The molecule has 0 bridgehead atoms. The van der Waals surface area contributed by atoms with E-state index in [1.54, 1.807) is 7.11 Å². The van der Waals surface area contributed by atoms with Crippen LogP contribution in [0.25, 0.3) is 0 Å². The number of hydrogen-bond acceptors (Lipinski definition) is 6. The minimum absolute atomic E-state index is 0.232. The van der Waals surface area contributed by atoms with Gasteiger partial charge in [-0.2, -0.15) is 0 Å². The molecule has 2 aromatic heterocycles. The Kier molecular flexibility index (Phi) is 5.69. The van der Waals surface area contributed by atoms with Crippen molar-refractivity contribution in [3.63, 3.8) is 0 Å². The summed E-state index contributed by atoms with van der Waals surface area (Å²) in [6.45, 7) is 6.23. The van der Waals surface area contributed by atoms with Crippen molar-refractivity contribution < 1.29 is 19.0 Å². The van der Waals surface area contributed by atoms with Crippen LogP contribution in [0.2, 0.25) is 0 Å². The standard InChI is InChI=1S/C22H28FN3O3/c1-13-4-5-20(14(2)25-13)29-21-8-16-11-26(10-15(16)7-19(21)27)12-17-6-18(23)9-24-22(17)28-3/h4-6,9,15-16,19,21,27H,7-8,10-12H2,1-3H3/t15-,16+,19+,21+/m0/s1. The number of nitrogens with zero attached hydrogens (tertiary/aromatic N) is 3. The van der Waals surface area contributed by atoms with E-state index in [4.69, 9.17) is 9.47 Å². The fourth-order valence-electron chi connectivity index (χ4n) is 4.71. The molecule has 0 unspecified atom stereocenters. The maximum absolute atomic E-state index is 13.6. The normalized spacial score (nSPS) is 26.9. The number of hydrogen-bond donors (Lipinski definition) is 1. The number of aliphatic hydroxyl groups is 1. The van der Waals surface area contributed by atoms with E-state index in [2.05, 4.69) is 14.9 Å². The molecule has 1 N–H and O–H groups in total. The summed E-state index contributed by atoms with van der Waals surface area (Å²) in [5.74, 6) is 1.70. The summed E-state index contributed by atoms with van der Waals surface area (Å²) in [5, 5.41) is 10.7. The molecule has 4 atom stereocenters. The zero-order valence-corrected chi connectivity index (χ0v) is 17.1. The summed E-state index contributed by atoms with van der Waals surface area (Å²) in [5.41, 5.74) is 2.55. The molecule has 2 aliphatic rings. The summed E-state index contributed by atoms with van der Waals surface area (Å²) in [6.07, 6.45) is 1.95. The smallest absolute Gasteiger partial charge is 0.217 e. The van der Waals surface area contributed by atoms with E-state index in [9.17, 15) is 9.50 Å². The Bertz CT molecular complexity index is 878. The number of ether oxygens (including phenoxy) is 2. The third-order valence-corrected chi connectivity index (χ3v) is 6.09. The van der Waals surface area contributed by atoms with E-state index in [0.29, 0.717) is 30.7 Å². The highest BCUT2D eigenvalue weighted by Gasteiger charge is 2.42. The van der Waals surface area contributed by atoms with Crippen LogP contribution in [0.3, 0.4) is 0 Å². The lowest BCUT2D eigenvalue weighted by molar-refractivity contribution is -0.0236. The van der Waals surface area contributed by atoms with Crippen LogP contribution in [-0.4, -0.2) is 52.4 Å². The Balaban J connectivity index is 1.42. The van der Waals surface area contributed by atoms with Crippen molar-refractivity contribution in [1.29, 1.82) is 0 Å². The molecule has 0 spiro atoms. The largest absolute Gasteiger partial charge is 0.486 e. The Morgan fingerprint density at radius 1 is 1.21 bits per heavy atom. The van der Waals surface area contributed by atoms with Gasteiger partial charge in [0.2, 0.25) is 5.88 Å². The van der Waals surface area contributed by atoms with Gasteiger partial charge in [-0.05, 0) is 56.7 Å². The molecule has 0 aromatic carbocycles. The minimum Gasteiger partial charge on any atom is -0.486 e. The quantitative estimate of drug-likeness (QED) is 0.831. The van der Waals surface area contributed by atoms with Gasteiger partial charge in [-0.25, -0.2) is 9.37 Å². The van der Waals surface area contributed by atoms with E-state index in [1.165, 1.54) is 12.3 Å². The number of aromatic nitrogens is 2. The van der Waals surface area contributed by atoms with E-state index >= 15 is 0 Å². The highest BCUT2D eigenvalue weighted by molar-refractivity contribution is 5.29. The summed E-state index contributed by atoms with van der Waals surface area (Å²) in [7, 11) is 1.55. The molecule has 2 fully saturated rings. The van der Waals surface area contributed by atoms with Gasteiger partial charge in [-0.3, -0.25) is 9.88 Å². The van der Waals surface area contributed by atoms with Crippen LogP contribution >= 0.6 is 0 Å². The number of fused-ring (bicyclic) bond motifs is 1. The molecule has 4 rings (SSSR count). The van der Waals surface area contributed by atoms with Crippen molar-refractivity contribution in [3.05, 3.63) is 47.2 Å². The predicted molar refractivity (Wildman–Crippen MR) is 106 cm³/mol. The number of rotatable bonds is 5. The molecular weight excluding hydrogens is 373 g/mol. The number of halogens is 1. The van der Waals surface area contributed by atoms with Gasteiger partial charge >= 0.3 is 0 Å². The molecule has 7 heteroatoms. The first kappa shape index (κ1) is 20.0. The molecular formula is C22H28FN3O3. The Labute approximate surface area is 170 Å². The summed E-state index contributed by atoms with van der Waals surface area (Å²) in [6, 6.07) is 5.35. The SMILES string of the molecule is COc1ncc(F)cc1CN1C[C@H]2C[C@@H](Oc3ccc(C)nc3C)[C@H](O)C[C@H]2C1. The average Bonchev–Trinajstić information content (AvgIpc) is 3.05. The molecule has 2 aromatic rings. The average molecular weight is 401 g/mol. The predicted octanol–water partition coefficient (Wildman–Crippen LogP) is 2.89. The third-order valence-electron chi connectivity index (χ3n) is 6.09. The van der Waals surface area contributed by atoms with Crippen molar-refractivity contribution in [3.8, 4) is 11.6 Å². The van der Waals surface area contributed by atoms with Crippen molar-refractivity contribution in [1.82, 2.24) is 14.9 Å². The van der Waals surface area contributed by atoms with E-state index in [-0.39, 0.29) is 11.9 Å². The molecule has 1 saturated heterocycles. The second-order valence-corrected chi connectivity index (χ2v) is 8.27. The van der Waals surface area contributed by atoms with Gasteiger partial charge in [0.1, 0.15) is 17.7 Å². The van der Waals surface area contributed by atoms with Crippen LogP contribution in [0.4, 0.5) is 4.39 Å². The Morgan fingerprint density at radius 2 is 1.97 bits per heavy atom. The number of aliphatic hydroxyl groups excluding tert-OH is 1. The van der Waals surface area contributed by atoms with E-state index < -0.39 is 6.10 Å². The van der Waals surface area contributed by atoms with Gasteiger partial charge in [-0.15, -0.1) is 0 Å². The highest BCUT2D eigenvalue weighted by atomic mass is 19.1. The third kappa shape index (κ3) is 4.36. The van der Waals surface area contributed by atoms with Crippen LogP contribution in [0.1, 0.15) is 29.8 Å². The Morgan fingerprint density at radius 3 is 2.69 bits per heavy atom. The van der Waals surface area contributed by atoms with Crippen molar-refractivity contribution in [2.45, 2.75) is 45.4 Å². The zero-order valence-electron chi connectivity index (χ0n) is 17.1. The van der Waals surface area contributed by atoms with Crippen molar-refractivity contribution in [2.75, 3.05) is 20.2 Å². The fraction of sp³-hybridized carbons (Fsp3) is 0.545. The number of aryl methyl sites for hydroxylation is 2. The molecule has 1 aliphatic heterocycles. The molecule has 156 valence electrons. The maximum Gasteiger partial charge on any atom is 0.217 e. The van der Waals surface area contributed by atoms with Crippen molar-refractivity contribution >= 4 is 0 Å². The van der Waals surface area contributed by atoms with Gasteiger partial charge < -0.3 is 14.6 Å². The molecule has 1 aliphatic carbocycles. The van der Waals surface area contributed by atoms with Crippen LogP contribution < -0.4 is 9.47 Å². The molecule has 0 radical (unpaired) electrons. The second kappa shape index (κ2) is 8.24. The number of methoxy groups -OCH3 is 1.